The maximum absolute atomic E-state index is 11.7. The van der Waals surface area contributed by atoms with Crippen molar-refractivity contribution >= 4 is 0 Å². The highest BCUT2D eigenvalue weighted by atomic mass is 16.3. The van der Waals surface area contributed by atoms with Gasteiger partial charge in [-0.3, -0.25) is 0 Å². The van der Waals surface area contributed by atoms with Crippen molar-refractivity contribution in [3.63, 3.8) is 0 Å². The molecular formula is C33H44O4. The lowest BCUT2D eigenvalue weighted by Gasteiger charge is -2.30. The highest BCUT2D eigenvalue weighted by molar-refractivity contribution is 5.60. The van der Waals surface area contributed by atoms with E-state index in [0.29, 0.717) is 25.7 Å². The van der Waals surface area contributed by atoms with E-state index in [-0.39, 0.29) is 35.5 Å². The number of hydrogen-bond acceptors (Lipinski definition) is 4. The van der Waals surface area contributed by atoms with E-state index in [9.17, 15) is 20.4 Å². The number of hydrogen-bond donors (Lipinski definition) is 4. The molecule has 0 amide bonds. The molecule has 4 heteroatoms. The molecule has 0 saturated carbocycles. The predicted octanol–water partition coefficient (Wildman–Crippen LogP) is 6.72. The molecule has 3 aromatic carbocycles. The van der Waals surface area contributed by atoms with Crippen LogP contribution in [0.15, 0.2) is 54.6 Å². The maximum atomic E-state index is 11.7. The second kappa shape index (κ2) is 11.7. The second-order valence-corrected chi connectivity index (χ2v) is 12.2. The number of aliphatic hydroxyl groups is 2. The molecule has 0 bridgehead atoms. The fourth-order valence-corrected chi connectivity index (χ4v) is 5.05. The minimum Gasteiger partial charge on any atom is -0.507 e. The van der Waals surface area contributed by atoms with Gasteiger partial charge in [-0.2, -0.15) is 0 Å². The van der Waals surface area contributed by atoms with E-state index in [4.69, 9.17) is 0 Å². The summed E-state index contributed by atoms with van der Waals surface area (Å²) in [5.41, 5.74) is 5.71. The Hall–Kier alpha value is -2.82. The van der Waals surface area contributed by atoms with Crippen molar-refractivity contribution in [3.8, 4) is 11.5 Å². The van der Waals surface area contributed by atoms with Crippen LogP contribution in [0.1, 0.15) is 99.2 Å². The zero-order chi connectivity index (χ0) is 27.4. The average molecular weight is 505 g/mol. The molecule has 0 unspecified atom stereocenters. The molecule has 0 saturated heterocycles. The molecule has 0 spiro atoms. The first-order chi connectivity index (χ1) is 17.4. The van der Waals surface area contributed by atoms with Crippen molar-refractivity contribution < 1.29 is 20.4 Å². The number of aliphatic hydroxyl groups excluding tert-OH is 2. The van der Waals surface area contributed by atoms with Gasteiger partial charge in [-0.1, -0.05) is 96.1 Å². The molecular weight excluding hydrogens is 460 g/mol. The summed E-state index contributed by atoms with van der Waals surface area (Å²) in [5.74, 6) is 0.0877. The van der Waals surface area contributed by atoms with Gasteiger partial charge in [0.15, 0.2) is 0 Å². The van der Waals surface area contributed by atoms with Gasteiger partial charge in [0.25, 0.3) is 0 Å². The Labute approximate surface area is 222 Å². The molecule has 0 aliphatic rings. The van der Waals surface area contributed by atoms with Crippen LogP contribution in [0.25, 0.3) is 0 Å². The molecule has 0 aliphatic carbocycles. The second-order valence-electron chi connectivity index (χ2n) is 12.2. The third-order valence-electron chi connectivity index (χ3n) is 7.02. The van der Waals surface area contributed by atoms with Crippen molar-refractivity contribution in [2.24, 2.45) is 0 Å². The predicted molar refractivity (Wildman–Crippen MR) is 152 cm³/mol. The quantitative estimate of drug-likeness (QED) is 0.244. The van der Waals surface area contributed by atoms with Gasteiger partial charge in [0.2, 0.25) is 0 Å². The third kappa shape index (κ3) is 6.74. The Balaban J connectivity index is 2.40. The van der Waals surface area contributed by atoms with Crippen molar-refractivity contribution in [1.82, 2.24) is 0 Å². The molecule has 4 N–H and O–H groups in total. The molecule has 0 aliphatic heterocycles. The molecule has 0 atom stereocenters. The Kier molecular flexibility index (Phi) is 9.09. The topological polar surface area (TPSA) is 80.9 Å². The van der Waals surface area contributed by atoms with Crippen LogP contribution in [-0.4, -0.2) is 33.6 Å². The van der Waals surface area contributed by atoms with Crippen molar-refractivity contribution in [2.75, 3.05) is 13.2 Å². The number of aryl methyl sites for hydroxylation is 2. The summed E-state index contributed by atoms with van der Waals surface area (Å²) in [7, 11) is 0. The summed E-state index contributed by atoms with van der Waals surface area (Å²) < 4.78 is 0. The number of aromatic hydroxyl groups is 2. The Morgan fingerprint density at radius 3 is 1.38 bits per heavy atom. The molecule has 200 valence electrons. The van der Waals surface area contributed by atoms with Gasteiger partial charge in [-0.15, -0.1) is 0 Å². The first-order valence-electron chi connectivity index (χ1n) is 13.4. The summed E-state index contributed by atoms with van der Waals surface area (Å²) in [4.78, 5) is 0. The van der Waals surface area contributed by atoms with Gasteiger partial charge in [0.05, 0.1) is 0 Å². The van der Waals surface area contributed by atoms with Crippen LogP contribution in [0.2, 0.25) is 0 Å². The molecule has 3 aromatic rings. The molecule has 0 heterocycles. The normalized spacial score (nSPS) is 12.4. The summed E-state index contributed by atoms with van der Waals surface area (Å²) in [6.07, 6.45) is 2.67. The molecule has 0 fully saturated rings. The minimum absolute atomic E-state index is 0.103. The van der Waals surface area contributed by atoms with Crippen molar-refractivity contribution in [2.45, 2.75) is 84.0 Å². The summed E-state index contributed by atoms with van der Waals surface area (Å²) in [6.45, 7) is 12.7. The van der Waals surface area contributed by atoms with Crippen molar-refractivity contribution in [1.29, 1.82) is 0 Å². The highest BCUT2D eigenvalue weighted by Crippen LogP contribution is 2.47. The Morgan fingerprint density at radius 1 is 0.622 bits per heavy atom. The Bertz CT molecular complexity index is 1110. The van der Waals surface area contributed by atoms with Gasteiger partial charge in [-0.25, -0.2) is 0 Å². The maximum Gasteiger partial charge on any atom is 0.123 e. The van der Waals surface area contributed by atoms with Crippen LogP contribution >= 0.6 is 0 Å². The molecule has 37 heavy (non-hydrogen) atoms. The van der Waals surface area contributed by atoms with Gasteiger partial charge >= 0.3 is 0 Å². The van der Waals surface area contributed by atoms with Gasteiger partial charge in [-0.05, 0) is 64.3 Å². The van der Waals surface area contributed by atoms with E-state index >= 15 is 0 Å². The van der Waals surface area contributed by atoms with Crippen LogP contribution in [0, 0.1) is 0 Å². The minimum atomic E-state index is -0.397. The van der Waals surface area contributed by atoms with Crippen LogP contribution in [0.3, 0.4) is 0 Å². The smallest absolute Gasteiger partial charge is 0.123 e. The summed E-state index contributed by atoms with van der Waals surface area (Å²) >= 11 is 0. The van der Waals surface area contributed by atoms with Gasteiger partial charge in [0.1, 0.15) is 11.5 Å². The summed E-state index contributed by atoms with van der Waals surface area (Å²) in [6, 6.07) is 18.2. The molecule has 4 nitrogen and oxygen atoms in total. The van der Waals surface area contributed by atoms with Gasteiger partial charge < -0.3 is 20.4 Å². The van der Waals surface area contributed by atoms with Crippen LogP contribution < -0.4 is 0 Å². The molecule has 0 aromatic heterocycles. The van der Waals surface area contributed by atoms with E-state index in [0.717, 1.165) is 38.9 Å². The average Bonchev–Trinajstić information content (AvgIpc) is 2.83. The third-order valence-corrected chi connectivity index (χ3v) is 7.02. The van der Waals surface area contributed by atoms with E-state index in [1.165, 1.54) is 0 Å². The standard InChI is InChI=1S/C33H44O4/c1-32(2,3)27-20-22(12-10-16-34)18-25(30(27)36)29(24-14-8-7-9-15-24)26-19-23(13-11-17-35)21-28(31(26)37)33(4,5)6/h7-9,14-15,18-21,29,34-37H,10-13,16-17H2,1-6H3. The van der Waals surface area contributed by atoms with E-state index in [2.05, 4.69) is 53.7 Å². The number of benzene rings is 3. The first-order valence-corrected chi connectivity index (χ1v) is 13.4. The van der Waals surface area contributed by atoms with Crippen LogP contribution in [0.5, 0.6) is 11.5 Å². The molecule has 3 rings (SSSR count). The highest BCUT2D eigenvalue weighted by Gasteiger charge is 2.31. The number of phenols is 2. The van der Waals surface area contributed by atoms with Crippen molar-refractivity contribution in [3.05, 3.63) is 93.5 Å². The Morgan fingerprint density at radius 2 is 1.03 bits per heavy atom. The first kappa shape index (κ1) is 28.7. The lowest BCUT2D eigenvalue weighted by atomic mass is 9.75. The largest absolute Gasteiger partial charge is 0.507 e. The zero-order valence-corrected chi connectivity index (χ0v) is 23.3. The van der Waals surface area contributed by atoms with E-state index in [1.807, 2.05) is 42.5 Å². The van der Waals surface area contributed by atoms with Crippen LogP contribution in [-0.2, 0) is 23.7 Å². The number of phenolic OH excluding ortho intramolecular Hbond substituents is 2. The summed E-state index contributed by atoms with van der Waals surface area (Å²) in [5, 5.41) is 42.4. The van der Waals surface area contributed by atoms with Crippen LogP contribution in [0.4, 0.5) is 0 Å². The molecule has 0 radical (unpaired) electrons. The fraction of sp³-hybridized carbons (Fsp3) is 0.455. The lowest BCUT2D eigenvalue weighted by molar-refractivity contribution is 0.288. The number of rotatable bonds is 9. The zero-order valence-electron chi connectivity index (χ0n) is 23.3. The van der Waals surface area contributed by atoms with E-state index in [1.54, 1.807) is 0 Å². The SMILES string of the molecule is CC(C)(C)c1cc(CCCO)cc(C(c2ccccc2)c2cc(CCCO)cc(C(C)(C)C)c2O)c1O. The van der Waals surface area contributed by atoms with Gasteiger partial charge in [0, 0.05) is 30.3 Å². The monoisotopic (exact) mass is 504 g/mol. The fourth-order valence-electron chi connectivity index (χ4n) is 5.05. The van der Waals surface area contributed by atoms with E-state index < -0.39 is 5.92 Å². The lowest BCUT2D eigenvalue weighted by Crippen LogP contribution is -2.17.